The van der Waals surface area contributed by atoms with Gasteiger partial charge in [0.25, 0.3) is 5.91 Å². The van der Waals surface area contributed by atoms with Crippen LogP contribution in [0.25, 0.3) is 5.69 Å². The van der Waals surface area contributed by atoms with Crippen LogP contribution in [0.4, 0.5) is 4.39 Å². The van der Waals surface area contributed by atoms with Crippen molar-refractivity contribution in [2.24, 2.45) is 0 Å². The molecule has 0 unspecified atom stereocenters. The number of amides is 2. The van der Waals surface area contributed by atoms with Gasteiger partial charge in [-0.15, -0.1) is 11.8 Å². The van der Waals surface area contributed by atoms with Crippen LogP contribution in [0.2, 0.25) is 0 Å². The first kappa shape index (κ1) is 21.8. The van der Waals surface area contributed by atoms with Crippen molar-refractivity contribution in [2.45, 2.75) is 19.5 Å². The Morgan fingerprint density at radius 3 is 2.62 bits per heavy atom. The molecule has 1 aliphatic rings. The third-order valence-corrected chi connectivity index (χ3v) is 6.16. The van der Waals surface area contributed by atoms with Gasteiger partial charge in [0.05, 0.1) is 5.88 Å². The zero-order valence-electron chi connectivity index (χ0n) is 17.3. The maximum Gasteiger partial charge on any atom is 0.279 e. The van der Waals surface area contributed by atoms with Crippen molar-refractivity contribution >= 4 is 23.6 Å². The number of carbonyl (C=O) groups is 2. The third-order valence-electron chi connectivity index (χ3n) is 5.15. The molecule has 164 valence electrons. The molecule has 0 spiro atoms. The van der Waals surface area contributed by atoms with Crippen LogP contribution in [-0.2, 0) is 11.3 Å². The molecule has 3 aromatic rings. The van der Waals surface area contributed by atoms with E-state index in [0.29, 0.717) is 18.0 Å². The first-order chi connectivity index (χ1) is 15.5. The van der Waals surface area contributed by atoms with Gasteiger partial charge in [0.2, 0.25) is 11.3 Å². The average molecular weight is 453 g/mol. The van der Waals surface area contributed by atoms with E-state index in [4.69, 9.17) is 0 Å². The molecule has 1 aromatic heterocycles. The van der Waals surface area contributed by atoms with Gasteiger partial charge in [-0.25, -0.2) is 9.07 Å². The predicted molar refractivity (Wildman–Crippen MR) is 120 cm³/mol. The summed E-state index contributed by atoms with van der Waals surface area (Å²) in [6.07, 6.45) is 0. The van der Waals surface area contributed by atoms with Gasteiger partial charge in [-0.3, -0.25) is 14.4 Å². The van der Waals surface area contributed by atoms with Gasteiger partial charge in [0.1, 0.15) is 17.5 Å². The van der Waals surface area contributed by atoms with Crippen LogP contribution in [0.15, 0.2) is 65.5 Å². The highest BCUT2D eigenvalue weighted by molar-refractivity contribution is 7.99. The topological polar surface area (TPSA) is 84.3 Å². The number of nitrogens with zero attached hydrogens (tertiary/aromatic N) is 3. The molecule has 2 aromatic carbocycles. The van der Waals surface area contributed by atoms with Gasteiger partial charge < -0.3 is 10.2 Å². The smallest absolute Gasteiger partial charge is 0.279 e. The molecule has 1 N–H and O–H groups in total. The molecule has 7 nitrogen and oxygen atoms in total. The molecule has 2 amide bonds. The van der Waals surface area contributed by atoms with Crippen molar-refractivity contribution in [3.8, 4) is 5.69 Å². The fourth-order valence-electron chi connectivity index (χ4n) is 3.46. The minimum absolute atomic E-state index is 0.131. The maximum atomic E-state index is 14.3. The van der Waals surface area contributed by atoms with Crippen LogP contribution in [0.5, 0.6) is 0 Å². The van der Waals surface area contributed by atoms with Crippen LogP contribution in [-0.4, -0.2) is 44.2 Å². The number of aromatic nitrogens is 2. The summed E-state index contributed by atoms with van der Waals surface area (Å²) >= 11 is 1.42. The lowest BCUT2D eigenvalue weighted by Crippen LogP contribution is -2.48. The minimum atomic E-state index is -0.722. The highest BCUT2D eigenvalue weighted by Crippen LogP contribution is 2.23. The number of rotatable bonds is 5. The monoisotopic (exact) mass is 452 g/mol. The van der Waals surface area contributed by atoms with Crippen LogP contribution < -0.4 is 10.7 Å². The normalized spacial score (nSPS) is 15.6. The SMILES string of the molecule is Cc1cc(=O)c(C(=O)N2CSC[C@@H]2C(=O)NCc2ccccc2)nn1-c1ccccc1F. The molecule has 2 heterocycles. The molecular formula is C23H21FN4O3S. The van der Waals surface area contributed by atoms with Crippen molar-refractivity contribution in [1.82, 2.24) is 20.0 Å². The molecule has 9 heteroatoms. The second-order valence-electron chi connectivity index (χ2n) is 7.36. The Bertz CT molecular complexity index is 1220. The number of hydrogen-bond acceptors (Lipinski definition) is 5. The molecule has 1 aliphatic heterocycles. The van der Waals surface area contributed by atoms with Gasteiger partial charge in [0.15, 0.2) is 5.69 Å². The Labute approximate surface area is 188 Å². The lowest BCUT2D eigenvalue weighted by Gasteiger charge is -2.23. The second-order valence-corrected chi connectivity index (χ2v) is 8.36. The van der Waals surface area contributed by atoms with Gasteiger partial charge >= 0.3 is 0 Å². The number of carbonyl (C=O) groups excluding carboxylic acids is 2. The summed E-state index contributed by atoms with van der Waals surface area (Å²) in [6, 6.07) is 16.0. The fraction of sp³-hybridized carbons (Fsp3) is 0.217. The predicted octanol–water partition coefficient (Wildman–Crippen LogP) is 2.51. The lowest BCUT2D eigenvalue weighted by atomic mass is 10.2. The fourth-order valence-corrected chi connectivity index (χ4v) is 4.62. The van der Waals surface area contributed by atoms with Gasteiger partial charge in [-0.2, -0.15) is 5.10 Å². The van der Waals surface area contributed by atoms with E-state index < -0.39 is 23.2 Å². The number of nitrogens with one attached hydrogen (secondary N) is 1. The first-order valence-electron chi connectivity index (χ1n) is 10.0. The minimum Gasteiger partial charge on any atom is -0.350 e. The van der Waals surface area contributed by atoms with Gasteiger partial charge in [-0.05, 0) is 24.6 Å². The Morgan fingerprint density at radius 1 is 1.16 bits per heavy atom. The molecular weight excluding hydrogens is 431 g/mol. The standard InChI is InChI=1S/C23H21FN4O3S/c1-15-11-20(29)21(26-28(15)18-10-6-5-9-17(18)24)23(31)27-14-32-13-19(27)22(30)25-12-16-7-3-2-4-8-16/h2-11,19H,12-14H2,1H3,(H,25,30)/t19-/m1/s1. The first-order valence-corrected chi connectivity index (χ1v) is 11.2. The lowest BCUT2D eigenvalue weighted by molar-refractivity contribution is -0.124. The summed E-state index contributed by atoms with van der Waals surface area (Å²) in [4.78, 5) is 39.9. The van der Waals surface area contributed by atoms with Crippen molar-refractivity contribution < 1.29 is 14.0 Å². The van der Waals surface area contributed by atoms with Crippen LogP contribution in [0.1, 0.15) is 21.7 Å². The molecule has 0 saturated carbocycles. The van der Waals surface area contributed by atoms with E-state index in [2.05, 4.69) is 10.4 Å². The van der Waals surface area contributed by atoms with E-state index in [1.54, 1.807) is 19.1 Å². The van der Waals surface area contributed by atoms with E-state index in [-0.39, 0.29) is 23.2 Å². The van der Waals surface area contributed by atoms with Crippen molar-refractivity contribution in [3.63, 3.8) is 0 Å². The highest BCUT2D eigenvalue weighted by atomic mass is 32.2. The maximum absolute atomic E-state index is 14.3. The third kappa shape index (κ3) is 4.43. The molecule has 4 rings (SSSR count). The second kappa shape index (κ2) is 9.35. The largest absolute Gasteiger partial charge is 0.350 e. The number of benzene rings is 2. The quantitative estimate of drug-likeness (QED) is 0.643. The summed E-state index contributed by atoms with van der Waals surface area (Å²) in [5.41, 5.74) is 0.552. The molecule has 1 saturated heterocycles. The number of aryl methyl sites for hydroxylation is 1. The molecule has 1 atom stereocenters. The van der Waals surface area contributed by atoms with Gasteiger partial charge in [-0.1, -0.05) is 42.5 Å². The van der Waals surface area contributed by atoms with Crippen LogP contribution in [0.3, 0.4) is 0 Å². The Kier molecular flexibility index (Phi) is 6.36. The summed E-state index contributed by atoms with van der Waals surface area (Å²) < 4.78 is 15.5. The molecule has 0 radical (unpaired) electrons. The number of para-hydroxylation sites is 1. The van der Waals surface area contributed by atoms with E-state index >= 15 is 0 Å². The van der Waals surface area contributed by atoms with Gasteiger partial charge in [0, 0.05) is 24.1 Å². The zero-order valence-corrected chi connectivity index (χ0v) is 18.1. The Balaban J connectivity index is 1.58. The zero-order chi connectivity index (χ0) is 22.7. The summed E-state index contributed by atoms with van der Waals surface area (Å²) in [6.45, 7) is 1.95. The van der Waals surface area contributed by atoms with Crippen LogP contribution in [0, 0.1) is 12.7 Å². The average Bonchev–Trinajstić information content (AvgIpc) is 3.29. The van der Waals surface area contributed by atoms with E-state index in [1.807, 2.05) is 30.3 Å². The summed E-state index contributed by atoms with van der Waals surface area (Å²) in [5, 5.41) is 7.01. The van der Waals surface area contributed by atoms with Crippen molar-refractivity contribution in [3.05, 3.63) is 93.7 Å². The molecule has 1 fully saturated rings. The van der Waals surface area contributed by atoms with Crippen molar-refractivity contribution in [1.29, 1.82) is 0 Å². The summed E-state index contributed by atoms with van der Waals surface area (Å²) in [7, 11) is 0. The van der Waals surface area contributed by atoms with E-state index in [1.165, 1.54) is 39.5 Å². The van der Waals surface area contributed by atoms with Crippen molar-refractivity contribution in [2.75, 3.05) is 11.6 Å². The summed E-state index contributed by atoms with van der Waals surface area (Å²) in [5.74, 6) is -0.796. The molecule has 0 bridgehead atoms. The van der Waals surface area contributed by atoms with E-state index in [9.17, 15) is 18.8 Å². The van der Waals surface area contributed by atoms with Crippen LogP contribution >= 0.6 is 11.8 Å². The molecule has 0 aliphatic carbocycles. The number of halogens is 1. The Hall–Kier alpha value is -3.46. The molecule has 32 heavy (non-hydrogen) atoms. The highest BCUT2D eigenvalue weighted by Gasteiger charge is 2.36. The van der Waals surface area contributed by atoms with E-state index in [0.717, 1.165) is 5.56 Å². The number of thioether (sulfide) groups is 1. The number of hydrogen-bond donors (Lipinski definition) is 1. The Morgan fingerprint density at radius 2 is 1.88 bits per heavy atom.